The highest BCUT2D eigenvalue weighted by Gasteiger charge is 1.99. The van der Waals surface area contributed by atoms with Crippen LogP contribution in [0.3, 0.4) is 0 Å². The van der Waals surface area contributed by atoms with E-state index < -0.39 is 0 Å². The molecule has 0 aliphatic carbocycles. The van der Waals surface area contributed by atoms with Crippen molar-refractivity contribution >= 4 is 0 Å². The van der Waals surface area contributed by atoms with Gasteiger partial charge >= 0.3 is 0 Å². The first-order valence-electron chi connectivity index (χ1n) is 8.99. The summed E-state index contributed by atoms with van der Waals surface area (Å²) in [6.45, 7) is 9.13. The van der Waals surface area contributed by atoms with Crippen LogP contribution in [0.2, 0.25) is 0 Å². The van der Waals surface area contributed by atoms with Crippen molar-refractivity contribution in [2.45, 2.75) is 91.4 Å². The molecule has 122 valence electrons. The molecule has 0 heterocycles. The monoisotopic (exact) mass is 286 g/mol. The summed E-state index contributed by atoms with van der Waals surface area (Å²) in [5.74, 6) is 0. The van der Waals surface area contributed by atoms with Crippen molar-refractivity contribution in [3.8, 4) is 0 Å². The number of unbranched alkanes of at least 4 members (excludes halogenated alkanes) is 10. The Morgan fingerprint density at radius 1 is 0.700 bits per heavy atom. The summed E-state index contributed by atoms with van der Waals surface area (Å²) in [5.41, 5.74) is 3.18. The van der Waals surface area contributed by atoms with Crippen molar-refractivity contribution in [3.63, 3.8) is 0 Å². The quantitative estimate of drug-likeness (QED) is 0.316. The SMILES string of the molecule is CCCCCCCCCCCCCON(CC)NCC. The van der Waals surface area contributed by atoms with Crippen LogP contribution in [-0.2, 0) is 4.84 Å². The summed E-state index contributed by atoms with van der Waals surface area (Å²) in [7, 11) is 0. The first kappa shape index (κ1) is 19.9. The topological polar surface area (TPSA) is 24.5 Å². The lowest BCUT2D eigenvalue weighted by molar-refractivity contribution is -0.192. The Kier molecular flexibility index (Phi) is 16.8. The number of nitrogens with zero attached hydrogens (tertiary/aromatic N) is 1. The van der Waals surface area contributed by atoms with E-state index in [1.807, 2.05) is 5.17 Å². The third-order valence-electron chi connectivity index (χ3n) is 3.62. The number of rotatable bonds is 16. The van der Waals surface area contributed by atoms with Gasteiger partial charge in [-0.15, -0.1) is 5.17 Å². The summed E-state index contributed by atoms with van der Waals surface area (Å²) in [6.07, 6.45) is 15.2. The van der Waals surface area contributed by atoms with Crippen molar-refractivity contribution in [2.24, 2.45) is 0 Å². The van der Waals surface area contributed by atoms with Gasteiger partial charge in [0, 0.05) is 13.1 Å². The molecular formula is C17H38N2O. The van der Waals surface area contributed by atoms with Crippen LogP contribution in [0.1, 0.15) is 91.4 Å². The molecule has 0 saturated carbocycles. The van der Waals surface area contributed by atoms with Crippen LogP contribution in [0.25, 0.3) is 0 Å². The molecule has 0 aromatic rings. The number of hydrogen-bond donors (Lipinski definition) is 1. The molecule has 3 heteroatoms. The van der Waals surface area contributed by atoms with Crippen molar-refractivity contribution < 1.29 is 4.84 Å². The number of nitrogens with one attached hydrogen (secondary N) is 1. The number of hydroxylamine groups is 1. The molecule has 0 aromatic heterocycles. The fraction of sp³-hybridized carbons (Fsp3) is 1.00. The molecule has 0 unspecified atom stereocenters. The average Bonchev–Trinajstić information content (AvgIpc) is 2.47. The lowest BCUT2D eigenvalue weighted by Gasteiger charge is -2.19. The molecule has 0 aliphatic heterocycles. The van der Waals surface area contributed by atoms with E-state index >= 15 is 0 Å². The molecule has 0 aliphatic rings. The van der Waals surface area contributed by atoms with Crippen LogP contribution in [-0.4, -0.2) is 24.9 Å². The summed E-state index contributed by atoms with van der Waals surface area (Å²) in [5, 5.41) is 1.84. The van der Waals surface area contributed by atoms with Gasteiger partial charge in [0.25, 0.3) is 0 Å². The third-order valence-corrected chi connectivity index (χ3v) is 3.62. The first-order chi connectivity index (χ1) is 9.85. The molecule has 0 bridgehead atoms. The zero-order valence-corrected chi connectivity index (χ0v) is 14.3. The van der Waals surface area contributed by atoms with Crippen molar-refractivity contribution in [1.29, 1.82) is 0 Å². The molecule has 0 aromatic carbocycles. The van der Waals surface area contributed by atoms with Crippen LogP contribution < -0.4 is 5.43 Å². The van der Waals surface area contributed by atoms with Crippen LogP contribution in [0.4, 0.5) is 0 Å². The summed E-state index contributed by atoms with van der Waals surface area (Å²) in [6, 6.07) is 0. The maximum absolute atomic E-state index is 5.64. The molecule has 20 heavy (non-hydrogen) atoms. The van der Waals surface area contributed by atoms with Crippen molar-refractivity contribution in [1.82, 2.24) is 10.6 Å². The fourth-order valence-electron chi connectivity index (χ4n) is 2.37. The van der Waals surface area contributed by atoms with E-state index in [1.165, 1.54) is 70.6 Å². The smallest absolute Gasteiger partial charge is 0.0701 e. The predicted molar refractivity (Wildman–Crippen MR) is 88.5 cm³/mol. The molecule has 1 N–H and O–H groups in total. The Bertz CT molecular complexity index is 176. The number of hydrazine groups is 1. The minimum Gasteiger partial charge on any atom is -0.284 e. The van der Waals surface area contributed by atoms with Gasteiger partial charge in [-0.1, -0.05) is 78.1 Å². The van der Waals surface area contributed by atoms with E-state index in [9.17, 15) is 0 Å². The maximum Gasteiger partial charge on any atom is 0.0701 e. The minimum atomic E-state index is 0.845. The number of hydrogen-bond acceptors (Lipinski definition) is 3. The van der Waals surface area contributed by atoms with Gasteiger partial charge < -0.3 is 0 Å². The van der Waals surface area contributed by atoms with Gasteiger partial charge in [0.2, 0.25) is 0 Å². The third kappa shape index (κ3) is 14.3. The van der Waals surface area contributed by atoms with Gasteiger partial charge in [0.15, 0.2) is 0 Å². The average molecular weight is 287 g/mol. The molecule has 0 atom stereocenters. The van der Waals surface area contributed by atoms with Crippen molar-refractivity contribution in [3.05, 3.63) is 0 Å². The molecule has 0 rings (SSSR count). The second kappa shape index (κ2) is 16.9. The predicted octanol–water partition coefficient (Wildman–Crippen LogP) is 5.08. The molecule has 0 amide bonds. The maximum atomic E-state index is 5.64. The normalized spacial score (nSPS) is 11.4. The standard InChI is InChI=1S/C17H38N2O/c1-4-7-8-9-10-11-12-13-14-15-16-17-20-19(6-3)18-5-2/h18H,4-17H2,1-3H3. The van der Waals surface area contributed by atoms with Gasteiger partial charge in [-0.25, -0.2) is 5.43 Å². The summed E-state index contributed by atoms with van der Waals surface area (Å²) < 4.78 is 0. The zero-order chi connectivity index (χ0) is 14.9. The van der Waals surface area contributed by atoms with Gasteiger partial charge in [-0.05, 0) is 13.3 Å². The second-order valence-corrected chi connectivity index (χ2v) is 5.58. The van der Waals surface area contributed by atoms with E-state index in [-0.39, 0.29) is 0 Å². The van der Waals surface area contributed by atoms with Gasteiger partial charge in [-0.2, -0.15) is 0 Å². The summed E-state index contributed by atoms with van der Waals surface area (Å²) in [4.78, 5) is 5.64. The molecular weight excluding hydrogens is 248 g/mol. The molecule has 3 nitrogen and oxygen atoms in total. The minimum absolute atomic E-state index is 0.845. The Balaban J connectivity index is 3.09. The Labute approximate surface area is 127 Å². The largest absolute Gasteiger partial charge is 0.284 e. The molecule has 0 radical (unpaired) electrons. The van der Waals surface area contributed by atoms with E-state index in [2.05, 4.69) is 26.2 Å². The fourth-order valence-corrected chi connectivity index (χ4v) is 2.37. The summed E-state index contributed by atoms with van der Waals surface area (Å²) >= 11 is 0. The van der Waals surface area contributed by atoms with Crippen LogP contribution >= 0.6 is 0 Å². The molecule has 0 fully saturated rings. The first-order valence-corrected chi connectivity index (χ1v) is 8.99. The van der Waals surface area contributed by atoms with Crippen LogP contribution in [0, 0.1) is 0 Å². The van der Waals surface area contributed by atoms with E-state index in [4.69, 9.17) is 4.84 Å². The van der Waals surface area contributed by atoms with Gasteiger partial charge in [0.1, 0.15) is 0 Å². The molecule has 0 saturated heterocycles. The highest BCUT2D eigenvalue weighted by molar-refractivity contribution is 4.47. The molecule has 0 spiro atoms. The van der Waals surface area contributed by atoms with E-state index in [1.54, 1.807) is 0 Å². The van der Waals surface area contributed by atoms with Gasteiger partial charge in [0.05, 0.1) is 6.61 Å². The second-order valence-electron chi connectivity index (χ2n) is 5.58. The lowest BCUT2D eigenvalue weighted by Crippen LogP contribution is -2.37. The van der Waals surface area contributed by atoms with Gasteiger partial charge in [-0.3, -0.25) is 4.84 Å². The Hall–Kier alpha value is -0.120. The van der Waals surface area contributed by atoms with Crippen LogP contribution in [0.15, 0.2) is 0 Å². The van der Waals surface area contributed by atoms with Crippen molar-refractivity contribution in [2.75, 3.05) is 19.7 Å². The van der Waals surface area contributed by atoms with Crippen LogP contribution in [0.5, 0.6) is 0 Å². The Morgan fingerprint density at radius 2 is 1.20 bits per heavy atom. The van der Waals surface area contributed by atoms with E-state index in [0.29, 0.717) is 0 Å². The zero-order valence-electron chi connectivity index (χ0n) is 14.3. The highest BCUT2D eigenvalue weighted by Crippen LogP contribution is 2.11. The highest BCUT2D eigenvalue weighted by atomic mass is 16.7. The van der Waals surface area contributed by atoms with E-state index in [0.717, 1.165) is 19.7 Å². The lowest BCUT2D eigenvalue weighted by atomic mass is 10.1. The Morgan fingerprint density at radius 3 is 1.65 bits per heavy atom.